The summed E-state index contributed by atoms with van der Waals surface area (Å²) < 4.78 is 28.3. The molecule has 0 aliphatic rings. The number of sulfonamides is 1. The van der Waals surface area contributed by atoms with Gasteiger partial charge in [0.05, 0.1) is 15.9 Å². The first-order valence-corrected chi connectivity index (χ1v) is 10.6. The van der Waals surface area contributed by atoms with Gasteiger partial charge in [-0.2, -0.15) is 0 Å². The van der Waals surface area contributed by atoms with Gasteiger partial charge in [0, 0.05) is 5.69 Å². The average Bonchev–Trinajstić information content (AvgIpc) is 2.71. The Hall–Kier alpha value is -3.45. The van der Waals surface area contributed by atoms with Crippen LogP contribution in [0.5, 0.6) is 0 Å². The van der Waals surface area contributed by atoms with Gasteiger partial charge in [0.2, 0.25) is 0 Å². The molecule has 0 bridgehead atoms. The number of anilines is 3. The molecule has 7 heteroatoms. The van der Waals surface area contributed by atoms with E-state index in [0.717, 1.165) is 16.8 Å². The zero-order chi connectivity index (χ0) is 20.4. The maximum atomic E-state index is 12.8. The van der Waals surface area contributed by atoms with E-state index in [9.17, 15) is 8.42 Å². The summed E-state index contributed by atoms with van der Waals surface area (Å²) in [4.78, 5) is 9.28. The third kappa shape index (κ3) is 4.05. The molecular weight excluding hydrogens is 384 g/mol. The fraction of sp³-hybridized carbons (Fsp3) is 0.0909. The van der Waals surface area contributed by atoms with Crippen LogP contribution < -0.4 is 10.0 Å². The molecule has 0 amide bonds. The Labute approximate surface area is 169 Å². The number of nitrogens with zero attached hydrogens (tertiary/aromatic N) is 2. The van der Waals surface area contributed by atoms with Crippen molar-refractivity contribution in [3.05, 3.63) is 83.9 Å². The van der Waals surface area contributed by atoms with E-state index in [0.29, 0.717) is 16.9 Å². The first-order valence-electron chi connectivity index (χ1n) is 9.11. The van der Waals surface area contributed by atoms with Gasteiger partial charge in [-0.25, -0.2) is 18.4 Å². The molecule has 0 saturated carbocycles. The Morgan fingerprint density at radius 1 is 0.759 bits per heavy atom. The normalized spacial score (nSPS) is 11.4. The monoisotopic (exact) mass is 404 g/mol. The van der Waals surface area contributed by atoms with Crippen LogP contribution >= 0.6 is 0 Å². The molecule has 1 heterocycles. The lowest BCUT2D eigenvalue weighted by molar-refractivity contribution is 0.601. The van der Waals surface area contributed by atoms with E-state index in [-0.39, 0.29) is 10.7 Å². The molecule has 1 aromatic heterocycles. The van der Waals surface area contributed by atoms with E-state index in [1.165, 1.54) is 12.1 Å². The first kappa shape index (κ1) is 18.9. The lowest BCUT2D eigenvalue weighted by Gasteiger charge is -2.15. The van der Waals surface area contributed by atoms with Crippen LogP contribution in [0.3, 0.4) is 0 Å². The fourth-order valence-corrected chi connectivity index (χ4v) is 4.06. The number of nitrogens with one attached hydrogen (secondary N) is 2. The van der Waals surface area contributed by atoms with Crippen molar-refractivity contribution in [1.82, 2.24) is 9.97 Å². The van der Waals surface area contributed by atoms with Crippen LogP contribution in [-0.4, -0.2) is 18.4 Å². The average molecular weight is 404 g/mol. The Morgan fingerprint density at radius 3 is 2.03 bits per heavy atom. The van der Waals surface area contributed by atoms with Crippen LogP contribution in [0, 0.1) is 13.8 Å². The first-order chi connectivity index (χ1) is 13.9. The summed E-state index contributed by atoms with van der Waals surface area (Å²) in [6, 6.07) is 21.5. The van der Waals surface area contributed by atoms with Crippen molar-refractivity contribution in [1.29, 1.82) is 0 Å². The molecule has 0 fully saturated rings. The minimum Gasteiger partial charge on any atom is -0.337 e. The molecular formula is C22H20N4O2S. The second kappa shape index (κ2) is 7.52. The summed E-state index contributed by atoms with van der Waals surface area (Å²) in [7, 11) is -3.81. The maximum absolute atomic E-state index is 12.8. The van der Waals surface area contributed by atoms with Crippen LogP contribution in [-0.2, 0) is 10.0 Å². The van der Waals surface area contributed by atoms with E-state index in [1.54, 1.807) is 24.3 Å². The van der Waals surface area contributed by atoms with Gasteiger partial charge in [0.1, 0.15) is 0 Å². The van der Waals surface area contributed by atoms with Gasteiger partial charge in [-0.15, -0.1) is 0 Å². The Morgan fingerprint density at radius 2 is 1.38 bits per heavy atom. The number of para-hydroxylation sites is 2. The smallest absolute Gasteiger partial charge is 0.263 e. The number of aromatic nitrogens is 2. The van der Waals surface area contributed by atoms with Crippen LogP contribution in [0.2, 0.25) is 0 Å². The SMILES string of the molecule is Cc1ccc(Nc2nc3ccccc3nc2NS(=O)(=O)c2ccccc2)c(C)c1. The van der Waals surface area contributed by atoms with Crippen molar-refractivity contribution >= 4 is 38.4 Å². The Bertz CT molecular complexity index is 1290. The van der Waals surface area contributed by atoms with Crippen LogP contribution in [0.15, 0.2) is 77.7 Å². The van der Waals surface area contributed by atoms with Crippen LogP contribution in [0.4, 0.5) is 17.3 Å². The molecule has 0 radical (unpaired) electrons. The van der Waals surface area contributed by atoms with E-state index in [1.807, 2.05) is 50.2 Å². The van der Waals surface area contributed by atoms with Crippen molar-refractivity contribution in [2.75, 3.05) is 10.0 Å². The van der Waals surface area contributed by atoms with Crippen LogP contribution in [0.1, 0.15) is 11.1 Å². The summed E-state index contributed by atoms with van der Waals surface area (Å²) >= 11 is 0. The largest absolute Gasteiger partial charge is 0.337 e. The molecule has 4 aromatic rings. The number of fused-ring (bicyclic) bond motifs is 1. The number of benzene rings is 3. The summed E-state index contributed by atoms with van der Waals surface area (Å²) in [5, 5.41) is 3.23. The van der Waals surface area contributed by atoms with E-state index in [2.05, 4.69) is 20.0 Å². The summed E-state index contributed by atoms with van der Waals surface area (Å²) in [6.45, 7) is 4.00. The third-order valence-electron chi connectivity index (χ3n) is 4.49. The fourth-order valence-electron chi connectivity index (χ4n) is 3.03. The van der Waals surface area contributed by atoms with E-state index >= 15 is 0 Å². The Balaban J connectivity index is 1.80. The molecule has 0 spiro atoms. The van der Waals surface area contributed by atoms with Crippen molar-refractivity contribution in [3.63, 3.8) is 0 Å². The molecule has 2 N–H and O–H groups in total. The van der Waals surface area contributed by atoms with E-state index in [4.69, 9.17) is 0 Å². The van der Waals surface area contributed by atoms with Gasteiger partial charge in [-0.05, 0) is 49.7 Å². The molecule has 0 aliphatic heterocycles. The van der Waals surface area contributed by atoms with Gasteiger partial charge in [0.25, 0.3) is 10.0 Å². The van der Waals surface area contributed by atoms with Crippen molar-refractivity contribution in [2.45, 2.75) is 18.7 Å². The number of aryl methyl sites for hydroxylation is 2. The molecule has 0 unspecified atom stereocenters. The van der Waals surface area contributed by atoms with E-state index < -0.39 is 10.0 Å². The molecule has 3 aromatic carbocycles. The molecule has 0 atom stereocenters. The zero-order valence-corrected chi connectivity index (χ0v) is 16.9. The summed E-state index contributed by atoms with van der Waals surface area (Å²) in [6.07, 6.45) is 0. The van der Waals surface area contributed by atoms with Gasteiger partial charge in [0.15, 0.2) is 11.6 Å². The van der Waals surface area contributed by atoms with Crippen molar-refractivity contribution in [3.8, 4) is 0 Å². The predicted molar refractivity (Wildman–Crippen MR) is 116 cm³/mol. The zero-order valence-electron chi connectivity index (χ0n) is 16.0. The second-order valence-electron chi connectivity index (χ2n) is 6.77. The third-order valence-corrected chi connectivity index (χ3v) is 5.84. The number of hydrogen-bond donors (Lipinski definition) is 2. The molecule has 29 heavy (non-hydrogen) atoms. The predicted octanol–water partition coefficient (Wildman–Crippen LogP) is 4.79. The van der Waals surface area contributed by atoms with Gasteiger partial charge in [-0.3, -0.25) is 4.72 Å². The molecule has 0 aliphatic carbocycles. The summed E-state index contributed by atoms with van der Waals surface area (Å²) in [5.74, 6) is 0.489. The highest BCUT2D eigenvalue weighted by Gasteiger charge is 2.19. The highest BCUT2D eigenvalue weighted by Crippen LogP contribution is 2.28. The lowest BCUT2D eigenvalue weighted by Crippen LogP contribution is -2.16. The minimum atomic E-state index is -3.81. The molecule has 0 saturated heterocycles. The highest BCUT2D eigenvalue weighted by molar-refractivity contribution is 7.92. The quantitative estimate of drug-likeness (QED) is 0.500. The van der Waals surface area contributed by atoms with Gasteiger partial charge < -0.3 is 5.32 Å². The van der Waals surface area contributed by atoms with Crippen LogP contribution in [0.25, 0.3) is 11.0 Å². The second-order valence-corrected chi connectivity index (χ2v) is 8.45. The summed E-state index contributed by atoms with van der Waals surface area (Å²) in [5.41, 5.74) is 4.27. The lowest BCUT2D eigenvalue weighted by atomic mass is 10.1. The number of rotatable bonds is 5. The highest BCUT2D eigenvalue weighted by atomic mass is 32.2. The van der Waals surface area contributed by atoms with Gasteiger partial charge >= 0.3 is 0 Å². The molecule has 6 nitrogen and oxygen atoms in total. The molecule has 4 rings (SSSR count). The van der Waals surface area contributed by atoms with Crippen molar-refractivity contribution in [2.24, 2.45) is 0 Å². The Kier molecular flexibility index (Phi) is 4.90. The molecule has 146 valence electrons. The minimum absolute atomic E-state index is 0.146. The maximum Gasteiger partial charge on any atom is 0.263 e. The standard InChI is InChI=1S/C22H20N4O2S/c1-15-12-13-18(16(2)14-15)23-21-22(25-20-11-7-6-10-19(20)24-21)26-29(27,28)17-8-4-3-5-9-17/h3-14H,1-2H3,(H,23,24)(H,25,26). The number of hydrogen-bond acceptors (Lipinski definition) is 5. The van der Waals surface area contributed by atoms with Crippen molar-refractivity contribution < 1.29 is 8.42 Å². The topological polar surface area (TPSA) is 84.0 Å². The van der Waals surface area contributed by atoms with Gasteiger partial charge in [-0.1, -0.05) is 48.0 Å².